The van der Waals surface area contributed by atoms with Crippen LogP contribution in [0.1, 0.15) is 18.4 Å². The van der Waals surface area contributed by atoms with E-state index in [1.807, 2.05) is 19.1 Å². The van der Waals surface area contributed by atoms with Gasteiger partial charge in [-0.3, -0.25) is 9.78 Å². The van der Waals surface area contributed by atoms with E-state index in [4.69, 9.17) is 0 Å². The van der Waals surface area contributed by atoms with Crippen molar-refractivity contribution in [2.24, 2.45) is 0 Å². The van der Waals surface area contributed by atoms with Gasteiger partial charge in [-0.05, 0) is 37.5 Å². The van der Waals surface area contributed by atoms with Crippen LogP contribution in [0.5, 0.6) is 0 Å². The summed E-state index contributed by atoms with van der Waals surface area (Å²) in [5.41, 5.74) is 1.39. The molecule has 1 fully saturated rings. The van der Waals surface area contributed by atoms with Gasteiger partial charge in [0.2, 0.25) is 15.9 Å². The summed E-state index contributed by atoms with van der Waals surface area (Å²) in [6.45, 7) is 1.71. The van der Waals surface area contributed by atoms with Crippen molar-refractivity contribution >= 4 is 26.8 Å². The van der Waals surface area contributed by atoms with Crippen LogP contribution in [0.2, 0.25) is 0 Å². The third kappa shape index (κ3) is 3.35. The maximum Gasteiger partial charge on any atom is 0.245 e. The maximum absolute atomic E-state index is 12.8. The number of carbonyl (C=O) groups is 1. The fourth-order valence-corrected chi connectivity index (χ4v) is 3.70. The van der Waals surface area contributed by atoms with Crippen LogP contribution in [0.4, 0.5) is 0 Å². The highest BCUT2D eigenvalue weighted by Gasteiger charge is 2.28. The summed E-state index contributed by atoms with van der Waals surface area (Å²) >= 11 is 0. The Morgan fingerprint density at radius 3 is 2.83 bits per heavy atom. The number of nitrogens with one attached hydrogen (secondary N) is 1. The van der Waals surface area contributed by atoms with Gasteiger partial charge in [0, 0.05) is 24.7 Å². The summed E-state index contributed by atoms with van der Waals surface area (Å²) in [7, 11) is -2.37. The highest BCUT2D eigenvalue weighted by molar-refractivity contribution is 7.89. The zero-order chi connectivity index (χ0) is 16.6. The van der Waals surface area contributed by atoms with Gasteiger partial charge in [-0.15, -0.1) is 0 Å². The van der Waals surface area contributed by atoms with Crippen molar-refractivity contribution in [2.75, 3.05) is 13.6 Å². The minimum atomic E-state index is -3.78. The molecule has 1 aromatic carbocycles. The molecule has 1 amide bonds. The Morgan fingerprint density at radius 1 is 1.39 bits per heavy atom. The Balaban J connectivity index is 1.90. The van der Waals surface area contributed by atoms with Crippen LogP contribution in [-0.4, -0.2) is 43.2 Å². The molecule has 0 saturated heterocycles. The van der Waals surface area contributed by atoms with E-state index in [1.54, 1.807) is 12.3 Å². The van der Waals surface area contributed by atoms with Gasteiger partial charge < -0.3 is 5.32 Å². The molecular formula is C16H19N3O3S. The zero-order valence-corrected chi connectivity index (χ0v) is 13.9. The lowest BCUT2D eigenvalue weighted by Gasteiger charge is -2.17. The Bertz CT molecular complexity index is 860. The molecule has 1 heterocycles. The van der Waals surface area contributed by atoms with Crippen molar-refractivity contribution in [1.29, 1.82) is 0 Å². The van der Waals surface area contributed by atoms with E-state index in [0.29, 0.717) is 5.52 Å². The number of likely N-dealkylation sites (N-methyl/N-ethyl adjacent to an activating group) is 1. The van der Waals surface area contributed by atoms with E-state index < -0.39 is 10.0 Å². The van der Waals surface area contributed by atoms with Crippen LogP contribution in [0.3, 0.4) is 0 Å². The minimum absolute atomic E-state index is 0.122. The summed E-state index contributed by atoms with van der Waals surface area (Å²) in [4.78, 5) is 16.2. The van der Waals surface area contributed by atoms with Gasteiger partial charge in [0.05, 0.1) is 12.1 Å². The number of fused-ring (bicyclic) bond motifs is 1. The molecule has 1 saturated carbocycles. The predicted molar refractivity (Wildman–Crippen MR) is 87.5 cm³/mol. The first kappa shape index (κ1) is 15.9. The molecular weight excluding hydrogens is 314 g/mol. The highest BCUT2D eigenvalue weighted by Crippen LogP contribution is 2.24. The molecule has 0 aliphatic heterocycles. The van der Waals surface area contributed by atoms with Crippen molar-refractivity contribution in [3.05, 3.63) is 36.0 Å². The number of nitrogens with zero attached hydrogens (tertiary/aromatic N) is 2. The number of rotatable bonds is 5. The molecule has 1 aliphatic rings. The number of pyridine rings is 1. The molecule has 3 rings (SSSR count). The molecule has 0 bridgehead atoms. The second kappa shape index (κ2) is 5.90. The molecule has 0 radical (unpaired) electrons. The summed E-state index contributed by atoms with van der Waals surface area (Å²) in [5.74, 6) is -0.275. The quantitative estimate of drug-likeness (QED) is 0.898. The van der Waals surface area contributed by atoms with Crippen LogP contribution in [0.25, 0.3) is 10.9 Å². The molecule has 0 spiro atoms. The monoisotopic (exact) mass is 333 g/mol. The van der Waals surface area contributed by atoms with Gasteiger partial charge in [0.15, 0.2) is 0 Å². The molecule has 7 heteroatoms. The predicted octanol–water partition coefficient (Wildman–Crippen LogP) is 1.44. The number of sulfonamides is 1. The van der Waals surface area contributed by atoms with Crippen LogP contribution < -0.4 is 5.32 Å². The first-order valence-electron chi connectivity index (χ1n) is 7.49. The topological polar surface area (TPSA) is 79.4 Å². The van der Waals surface area contributed by atoms with Gasteiger partial charge in [0.25, 0.3) is 0 Å². The molecule has 1 N–H and O–H groups in total. The highest BCUT2D eigenvalue weighted by atomic mass is 32.2. The van der Waals surface area contributed by atoms with Crippen LogP contribution >= 0.6 is 0 Å². The standard InChI is InChI=1S/C16H19N3O3S/c1-11-8-12-4-3-5-14(16(12)17-9-11)23(21,22)19(2)10-15(20)18-13-6-7-13/h3-5,8-9,13H,6-7,10H2,1-2H3,(H,18,20). The average molecular weight is 333 g/mol. The SMILES string of the molecule is Cc1cnc2c(S(=O)(=O)N(C)CC(=O)NC3CC3)cccc2c1. The second-order valence-electron chi connectivity index (χ2n) is 5.94. The lowest BCUT2D eigenvalue weighted by Crippen LogP contribution is -2.39. The van der Waals surface area contributed by atoms with Crippen LogP contribution in [0, 0.1) is 6.92 Å². The van der Waals surface area contributed by atoms with E-state index in [-0.39, 0.29) is 23.4 Å². The van der Waals surface area contributed by atoms with E-state index in [0.717, 1.165) is 28.1 Å². The summed E-state index contributed by atoms with van der Waals surface area (Å²) in [5, 5.41) is 3.56. The summed E-state index contributed by atoms with van der Waals surface area (Å²) in [6, 6.07) is 7.14. The Morgan fingerprint density at radius 2 is 2.13 bits per heavy atom. The molecule has 122 valence electrons. The summed E-state index contributed by atoms with van der Waals surface area (Å²) < 4.78 is 26.6. The number of amides is 1. The van der Waals surface area contributed by atoms with Crippen LogP contribution in [0.15, 0.2) is 35.4 Å². The molecule has 1 aliphatic carbocycles. The third-order valence-electron chi connectivity index (χ3n) is 3.81. The lowest BCUT2D eigenvalue weighted by atomic mass is 10.2. The second-order valence-corrected chi connectivity index (χ2v) is 7.96. The fraction of sp³-hybridized carbons (Fsp3) is 0.375. The zero-order valence-electron chi connectivity index (χ0n) is 13.1. The summed E-state index contributed by atoms with van der Waals surface area (Å²) in [6.07, 6.45) is 3.57. The van der Waals surface area contributed by atoms with Crippen molar-refractivity contribution in [2.45, 2.75) is 30.7 Å². The maximum atomic E-state index is 12.8. The molecule has 1 aromatic heterocycles. The first-order valence-corrected chi connectivity index (χ1v) is 8.93. The number of benzene rings is 1. The smallest absolute Gasteiger partial charge is 0.245 e. The van der Waals surface area contributed by atoms with Gasteiger partial charge in [-0.1, -0.05) is 12.1 Å². The van der Waals surface area contributed by atoms with Crippen molar-refractivity contribution in [1.82, 2.24) is 14.6 Å². The number of aromatic nitrogens is 1. The number of hydrogen-bond donors (Lipinski definition) is 1. The van der Waals surface area contributed by atoms with E-state index in [9.17, 15) is 13.2 Å². The Labute approximate surface area is 135 Å². The van der Waals surface area contributed by atoms with E-state index in [1.165, 1.54) is 13.1 Å². The average Bonchev–Trinajstić information content (AvgIpc) is 3.29. The Hall–Kier alpha value is -1.99. The van der Waals surface area contributed by atoms with Crippen molar-refractivity contribution < 1.29 is 13.2 Å². The fourth-order valence-electron chi connectivity index (χ4n) is 2.41. The number of carbonyl (C=O) groups excluding carboxylic acids is 1. The van der Waals surface area contributed by atoms with Crippen molar-refractivity contribution in [3.63, 3.8) is 0 Å². The number of aryl methyl sites for hydroxylation is 1. The van der Waals surface area contributed by atoms with Crippen molar-refractivity contribution in [3.8, 4) is 0 Å². The molecule has 0 unspecified atom stereocenters. The van der Waals surface area contributed by atoms with Crippen LogP contribution in [-0.2, 0) is 14.8 Å². The Kier molecular flexibility index (Phi) is 4.08. The molecule has 23 heavy (non-hydrogen) atoms. The lowest BCUT2D eigenvalue weighted by molar-refractivity contribution is -0.121. The normalized spacial score (nSPS) is 15.1. The number of para-hydroxylation sites is 1. The third-order valence-corrected chi connectivity index (χ3v) is 5.64. The minimum Gasteiger partial charge on any atom is -0.352 e. The van der Waals surface area contributed by atoms with Gasteiger partial charge >= 0.3 is 0 Å². The van der Waals surface area contributed by atoms with Gasteiger partial charge in [-0.25, -0.2) is 8.42 Å². The first-order chi connectivity index (χ1) is 10.9. The van der Waals surface area contributed by atoms with E-state index >= 15 is 0 Å². The largest absolute Gasteiger partial charge is 0.352 e. The number of hydrogen-bond acceptors (Lipinski definition) is 4. The molecule has 0 atom stereocenters. The van der Waals surface area contributed by atoms with E-state index in [2.05, 4.69) is 10.3 Å². The molecule has 6 nitrogen and oxygen atoms in total. The van der Waals surface area contributed by atoms with Gasteiger partial charge in [0.1, 0.15) is 4.90 Å². The van der Waals surface area contributed by atoms with Gasteiger partial charge in [-0.2, -0.15) is 4.31 Å². The molecule has 2 aromatic rings.